The van der Waals surface area contributed by atoms with E-state index < -0.39 is 12.2 Å². The van der Waals surface area contributed by atoms with Gasteiger partial charge in [-0.15, -0.1) is 0 Å². The van der Waals surface area contributed by atoms with E-state index in [4.69, 9.17) is 16.3 Å². The van der Waals surface area contributed by atoms with Gasteiger partial charge in [-0.2, -0.15) is 0 Å². The summed E-state index contributed by atoms with van der Waals surface area (Å²) < 4.78 is 19.5. The van der Waals surface area contributed by atoms with Crippen molar-refractivity contribution in [3.8, 4) is 5.75 Å². The second kappa shape index (κ2) is 4.83. The maximum atomic E-state index is 13.8. The summed E-state index contributed by atoms with van der Waals surface area (Å²) in [5, 5.41) is 10.7. The highest BCUT2D eigenvalue weighted by atomic mass is 35.5. The normalized spacial score (nSPS) is 21.6. The molecule has 1 aliphatic heterocycles. The maximum Gasteiger partial charge on any atom is 0.130 e. The van der Waals surface area contributed by atoms with Crippen LogP contribution in [0.25, 0.3) is 0 Å². The summed E-state index contributed by atoms with van der Waals surface area (Å²) >= 11 is 5.89. The predicted octanol–water partition coefficient (Wildman–Crippen LogP) is 4.04. The molecule has 2 aromatic carbocycles. The van der Waals surface area contributed by atoms with Crippen molar-refractivity contribution in [2.24, 2.45) is 0 Å². The number of ether oxygens (including phenoxy) is 1. The second-order valence-electron chi connectivity index (χ2n) is 4.56. The highest BCUT2D eigenvalue weighted by molar-refractivity contribution is 6.30. The largest absolute Gasteiger partial charge is 0.485 e. The van der Waals surface area contributed by atoms with Crippen LogP contribution in [-0.4, -0.2) is 5.11 Å². The lowest BCUT2D eigenvalue weighted by molar-refractivity contribution is 0.0640. The third-order valence-corrected chi connectivity index (χ3v) is 3.52. The Morgan fingerprint density at radius 2 is 1.95 bits per heavy atom. The van der Waals surface area contributed by atoms with E-state index in [1.807, 2.05) is 0 Å². The summed E-state index contributed by atoms with van der Waals surface area (Å²) in [5.41, 5.74) is 1.11. The lowest BCUT2D eigenvalue weighted by Gasteiger charge is -2.30. The van der Waals surface area contributed by atoms with Crippen LogP contribution in [0.5, 0.6) is 5.75 Å². The second-order valence-corrected chi connectivity index (χ2v) is 5.00. The van der Waals surface area contributed by atoms with Gasteiger partial charge < -0.3 is 9.84 Å². The molecule has 0 bridgehead atoms. The Balaban J connectivity index is 1.97. The zero-order valence-corrected chi connectivity index (χ0v) is 10.8. The van der Waals surface area contributed by atoms with Gasteiger partial charge in [0, 0.05) is 22.6 Å². The first-order valence-corrected chi connectivity index (χ1v) is 6.41. The fourth-order valence-corrected chi connectivity index (χ4v) is 2.53. The minimum absolute atomic E-state index is 0.314. The summed E-state index contributed by atoms with van der Waals surface area (Å²) in [6.45, 7) is 0. The number of hydrogen-bond donors (Lipinski definition) is 1. The van der Waals surface area contributed by atoms with Gasteiger partial charge >= 0.3 is 0 Å². The van der Waals surface area contributed by atoms with Crippen LogP contribution in [0, 0.1) is 5.82 Å². The number of halogens is 2. The Morgan fingerprint density at radius 3 is 2.74 bits per heavy atom. The van der Waals surface area contributed by atoms with E-state index in [0.29, 0.717) is 28.3 Å². The molecule has 0 aliphatic carbocycles. The van der Waals surface area contributed by atoms with Crippen LogP contribution in [0.2, 0.25) is 5.02 Å². The third kappa shape index (κ3) is 2.31. The first-order valence-electron chi connectivity index (χ1n) is 6.04. The Hall–Kier alpha value is -1.58. The smallest absolute Gasteiger partial charge is 0.130 e. The summed E-state index contributed by atoms with van der Waals surface area (Å²) in [6, 6.07) is 11.5. The SMILES string of the molecule is OC1CC(c2ccccc2F)Oc2ccc(Cl)cc21. The minimum Gasteiger partial charge on any atom is -0.485 e. The van der Waals surface area contributed by atoms with Gasteiger partial charge in [0.05, 0.1) is 6.10 Å². The van der Waals surface area contributed by atoms with Crippen molar-refractivity contribution in [1.82, 2.24) is 0 Å². The minimum atomic E-state index is -0.702. The van der Waals surface area contributed by atoms with Crippen molar-refractivity contribution in [2.75, 3.05) is 0 Å². The number of aliphatic hydroxyl groups is 1. The van der Waals surface area contributed by atoms with Crippen LogP contribution in [0.15, 0.2) is 42.5 Å². The van der Waals surface area contributed by atoms with Crippen molar-refractivity contribution >= 4 is 11.6 Å². The van der Waals surface area contributed by atoms with Crippen LogP contribution in [0.4, 0.5) is 4.39 Å². The molecule has 3 rings (SSSR count). The number of hydrogen-bond acceptors (Lipinski definition) is 2. The monoisotopic (exact) mass is 278 g/mol. The molecule has 2 nitrogen and oxygen atoms in total. The standard InChI is InChI=1S/C15H12ClFO2/c16-9-5-6-14-11(7-9)13(18)8-15(19-14)10-3-1-2-4-12(10)17/h1-7,13,15,18H,8H2. The Labute approximate surface area is 115 Å². The summed E-state index contributed by atoms with van der Waals surface area (Å²) in [7, 11) is 0. The lowest BCUT2D eigenvalue weighted by Crippen LogP contribution is -2.19. The van der Waals surface area contributed by atoms with E-state index >= 15 is 0 Å². The molecule has 1 aliphatic rings. The van der Waals surface area contributed by atoms with Gasteiger partial charge in [-0.05, 0) is 24.3 Å². The van der Waals surface area contributed by atoms with Crippen molar-refractivity contribution < 1.29 is 14.2 Å². The van der Waals surface area contributed by atoms with Crippen LogP contribution in [0.1, 0.15) is 29.8 Å². The molecule has 0 amide bonds. The van der Waals surface area contributed by atoms with Crippen LogP contribution < -0.4 is 4.74 Å². The van der Waals surface area contributed by atoms with Crippen molar-refractivity contribution in [2.45, 2.75) is 18.6 Å². The van der Waals surface area contributed by atoms with E-state index in [0.717, 1.165) is 0 Å². The van der Waals surface area contributed by atoms with E-state index in [1.54, 1.807) is 36.4 Å². The summed E-state index contributed by atoms with van der Waals surface area (Å²) in [5.74, 6) is 0.230. The zero-order chi connectivity index (χ0) is 13.4. The van der Waals surface area contributed by atoms with Gasteiger partial charge in [-0.1, -0.05) is 29.8 Å². The van der Waals surface area contributed by atoms with Gasteiger partial charge in [-0.3, -0.25) is 0 Å². The Bertz CT molecular complexity index is 615. The van der Waals surface area contributed by atoms with Crippen LogP contribution in [-0.2, 0) is 0 Å². The number of aliphatic hydroxyl groups excluding tert-OH is 1. The summed E-state index contributed by atoms with van der Waals surface area (Å²) in [6.07, 6.45) is -0.870. The Kier molecular flexibility index (Phi) is 3.17. The number of fused-ring (bicyclic) bond motifs is 1. The van der Waals surface area contributed by atoms with E-state index in [-0.39, 0.29) is 5.82 Å². The fraction of sp³-hybridized carbons (Fsp3) is 0.200. The van der Waals surface area contributed by atoms with Gasteiger partial charge in [-0.25, -0.2) is 4.39 Å². The first kappa shape index (κ1) is 12.5. The molecule has 0 spiro atoms. The molecule has 2 atom stereocenters. The number of rotatable bonds is 1. The van der Waals surface area contributed by atoms with E-state index in [1.165, 1.54) is 6.07 Å². The van der Waals surface area contributed by atoms with Crippen LogP contribution in [0.3, 0.4) is 0 Å². The molecule has 98 valence electrons. The molecule has 0 saturated heterocycles. The highest BCUT2D eigenvalue weighted by Gasteiger charge is 2.29. The Morgan fingerprint density at radius 1 is 1.16 bits per heavy atom. The molecule has 0 fully saturated rings. The van der Waals surface area contributed by atoms with E-state index in [2.05, 4.69) is 0 Å². The van der Waals surface area contributed by atoms with Crippen molar-refractivity contribution in [3.63, 3.8) is 0 Å². The van der Waals surface area contributed by atoms with E-state index in [9.17, 15) is 9.50 Å². The van der Waals surface area contributed by atoms with Gasteiger partial charge in [0.2, 0.25) is 0 Å². The average molecular weight is 279 g/mol. The van der Waals surface area contributed by atoms with Crippen LogP contribution >= 0.6 is 11.6 Å². The molecule has 2 aromatic rings. The predicted molar refractivity (Wildman–Crippen MR) is 70.8 cm³/mol. The third-order valence-electron chi connectivity index (χ3n) is 3.29. The lowest BCUT2D eigenvalue weighted by atomic mass is 9.95. The first-order chi connectivity index (χ1) is 9.15. The number of benzene rings is 2. The molecule has 1 N–H and O–H groups in total. The maximum absolute atomic E-state index is 13.8. The molecular formula is C15H12ClFO2. The van der Waals surface area contributed by atoms with Crippen molar-refractivity contribution in [3.05, 3.63) is 64.4 Å². The molecule has 2 unspecified atom stereocenters. The van der Waals surface area contributed by atoms with Gasteiger partial charge in [0.25, 0.3) is 0 Å². The molecule has 1 heterocycles. The zero-order valence-electron chi connectivity index (χ0n) is 10.0. The topological polar surface area (TPSA) is 29.5 Å². The molecule has 0 aromatic heterocycles. The molecular weight excluding hydrogens is 267 g/mol. The molecule has 19 heavy (non-hydrogen) atoms. The highest BCUT2D eigenvalue weighted by Crippen LogP contribution is 2.42. The van der Waals surface area contributed by atoms with Crippen molar-refractivity contribution in [1.29, 1.82) is 0 Å². The summed E-state index contributed by atoms with van der Waals surface area (Å²) in [4.78, 5) is 0. The molecule has 4 heteroatoms. The molecule has 0 radical (unpaired) electrons. The van der Waals surface area contributed by atoms with Gasteiger partial charge in [0.1, 0.15) is 17.7 Å². The average Bonchev–Trinajstić information content (AvgIpc) is 2.40. The fourth-order valence-electron chi connectivity index (χ4n) is 2.34. The van der Waals surface area contributed by atoms with Gasteiger partial charge in [0.15, 0.2) is 0 Å². The quantitative estimate of drug-likeness (QED) is 0.853. The molecule has 0 saturated carbocycles.